The van der Waals surface area contributed by atoms with Gasteiger partial charge in [-0.05, 0) is 25.3 Å². The number of hydrogen-bond acceptors (Lipinski definition) is 4. The molecular formula is C12H19N3O. The van der Waals surface area contributed by atoms with Gasteiger partial charge in [0.1, 0.15) is 0 Å². The van der Waals surface area contributed by atoms with E-state index in [2.05, 4.69) is 28.7 Å². The lowest BCUT2D eigenvalue weighted by molar-refractivity contribution is 0.198. The largest absolute Gasteiger partial charge is 0.391 e. The number of aromatic nitrogens is 2. The number of hydrogen-bond donors (Lipinski definition) is 1. The zero-order valence-corrected chi connectivity index (χ0v) is 10.1. The van der Waals surface area contributed by atoms with Crippen molar-refractivity contribution in [2.45, 2.75) is 39.2 Å². The molecule has 2 heterocycles. The van der Waals surface area contributed by atoms with Gasteiger partial charge in [-0.1, -0.05) is 13.8 Å². The van der Waals surface area contributed by atoms with Crippen LogP contribution in [0.25, 0.3) is 0 Å². The SMILES string of the molecule is Cc1cc(C(C)C)nc(N2CC[C@@H](O)C2)n1. The van der Waals surface area contributed by atoms with E-state index in [1.807, 2.05) is 13.0 Å². The van der Waals surface area contributed by atoms with Crippen LogP contribution in [0.4, 0.5) is 5.95 Å². The van der Waals surface area contributed by atoms with Crippen LogP contribution in [0.5, 0.6) is 0 Å². The maximum Gasteiger partial charge on any atom is 0.225 e. The number of rotatable bonds is 2. The van der Waals surface area contributed by atoms with Gasteiger partial charge in [-0.3, -0.25) is 0 Å². The van der Waals surface area contributed by atoms with Gasteiger partial charge in [-0.15, -0.1) is 0 Å². The van der Waals surface area contributed by atoms with Gasteiger partial charge in [0, 0.05) is 24.5 Å². The highest BCUT2D eigenvalue weighted by Gasteiger charge is 2.22. The minimum atomic E-state index is -0.230. The normalized spacial score (nSPS) is 20.8. The van der Waals surface area contributed by atoms with E-state index >= 15 is 0 Å². The van der Waals surface area contributed by atoms with Crippen molar-refractivity contribution >= 4 is 5.95 Å². The van der Waals surface area contributed by atoms with Crippen molar-refractivity contribution in [2.75, 3.05) is 18.0 Å². The average molecular weight is 221 g/mol. The molecule has 1 aliphatic heterocycles. The van der Waals surface area contributed by atoms with Crippen LogP contribution in [0, 0.1) is 6.92 Å². The quantitative estimate of drug-likeness (QED) is 0.821. The van der Waals surface area contributed by atoms with E-state index in [4.69, 9.17) is 0 Å². The number of aliphatic hydroxyl groups excluding tert-OH is 1. The first-order valence-electron chi connectivity index (χ1n) is 5.85. The van der Waals surface area contributed by atoms with Crippen molar-refractivity contribution in [3.05, 3.63) is 17.5 Å². The summed E-state index contributed by atoms with van der Waals surface area (Å²) in [5.74, 6) is 1.17. The molecule has 1 saturated heterocycles. The van der Waals surface area contributed by atoms with Crippen LogP contribution in [0.2, 0.25) is 0 Å². The molecule has 88 valence electrons. The molecule has 1 aromatic rings. The first-order chi connectivity index (χ1) is 7.56. The van der Waals surface area contributed by atoms with E-state index in [1.54, 1.807) is 0 Å². The number of aliphatic hydroxyl groups is 1. The van der Waals surface area contributed by atoms with Gasteiger partial charge in [0.05, 0.1) is 6.10 Å². The second-order valence-electron chi connectivity index (χ2n) is 4.78. The van der Waals surface area contributed by atoms with Gasteiger partial charge in [0.25, 0.3) is 0 Å². The summed E-state index contributed by atoms with van der Waals surface area (Å²) in [4.78, 5) is 11.0. The lowest BCUT2D eigenvalue weighted by atomic mass is 10.1. The second kappa shape index (κ2) is 4.37. The third-order valence-corrected chi connectivity index (χ3v) is 2.90. The molecule has 0 bridgehead atoms. The Bertz CT molecular complexity index is 379. The molecule has 0 aromatic carbocycles. The number of nitrogens with zero attached hydrogens (tertiary/aromatic N) is 3. The third kappa shape index (κ3) is 2.32. The predicted octanol–water partition coefficient (Wildman–Crippen LogP) is 1.48. The molecular weight excluding hydrogens is 202 g/mol. The topological polar surface area (TPSA) is 49.2 Å². The average Bonchev–Trinajstić information content (AvgIpc) is 2.64. The molecule has 0 radical (unpaired) electrons. The van der Waals surface area contributed by atoms with E-state index in [0.717, 1.165) is 30.3 Å². The Hall–Kier alpha value is -1.16. The molecule has 1 fully saturated rings. The summed E-state index contributed by atoms with van der Waals surface area (Å²) in [6, 6.07) is 2.03. The lowest BCUT2D eigenvalue weighted by Crippen LogP contribution is -2.24. The van der Waals surface area contributed by atoms with E-state index in [1.165, 1.54) is 0 Å². The maximum atomic E-state index is 9.51. The van der Waals surface area contributed by atoms with Gasteiger partial charge in [-0.2, -0.15) is 0 Å². The van der Waals surface area contributed by atoms with Crippen molar-refractivity contribution in [3.63, 3.8) is 0 Å². The Morgan fingerprint density at radius 1 is 1.44 bits per heavy atom. The molecule has 4 heteroatoms. The van der Waals surface area contributed by atoms with E-state index in [9.17, 15) is 5.11 Å². The Balaban J connectivity index is 2.27. The zero-order chi connectivity index (χ0) is 11.7. The van der Waals surface area contributed by atoms with Gasteiger partial charge in [0.2, 0.25) is 5.95 Å². The fraction of sp³-hybridized carbons (Fsp3) is 0.667. The molecule has 0 aliphatic carbocycles. The van der Waals surface area contributed by atoms with Crippen molar-refractivity contribution in [3.8, 4) is 0 Å². The van der Waals surface area contributed by atoms with Crippen molar-refractivity contribution in [2.24, 2.45) is 0 Å². The summed E-state index contributed by atoms with van der Waals surface area (Å²) in [5, 5.41) is 9.51. The highest BCUT2D eigenvalue weighted by atomic mass is 16.3. The van der Waals surface area contributed by atoms with Crippen LogP contribution in [0.15, 0.2) is 6.07 Å². The monoisotopic (exact) mass is 221 g/mol. The van der Waals surface area contributed by atoms with Crippen molar-refractivity contribution < 1.29 is 5.11 Å². The summed E-state index contributed by atoms with van der Waals surface area (Å²) >= 11 is 0. The van der Waals surface area contributed by atoms with Crippen molar-refractivity contribution in [1.82, 2.24) is 9.97 Å². The Morgan fingerprint density at radius 3 is 2.75 bits per heavy atom. The smallest absolute Gasteiger partial charge is 0.225 e. The summed E-state index contributed by atoms with van der Waals surface area (Å²) in [6.45, 7) is 7.75. The summed E-state index contributed by atoms with van der Waals surface area (Å²) in [5.41, 5.74) is 2.07. The van der Waals surface area contributed by atoms with Crippen LogP contribution in [-0.2, 0) is 0 Å². The number of anilines is 1. The first kappa shape index (κ1) is 11.3. The fourth-order valence-corrected chi connectivity index (χ4v) is 1.94. The standard InChI is InChI=1S/C12H19N3O/c1-8(2)11-6-9(3)13-12(14-11)15-5-4-10(16)7-15/h6,8,10,16H,4-5,7H2,1-3H3/t10-/m1/s1. The molecule has 2 rings (SSSR count). The molecule has 0 saturated carbocycles. The highest BCUT2D eigenvalue weighted by Crippen LogP contribution is 2.20. The van der Waals surface area contributed by atoms with Gasteiger partial charge >= 0.3 is 0 Å². The molecule has 0 unspecified atom stereocenters. The molecule has 1 N–H and O–H groups in total. The molecule has 0 amide bonds. The summed E-state index contributed by atoms with van der Waals surface area (Å²) < 4.78 is 0. The van der Waals surface area contributed by atoms with Gasteiger partial charge < -0.3 is 10.0 Å². The summed E-state index contributed by atoms with van der Waals surface area (Å²) in [6.07, 6.45) is 0.584. The molecule has 16 heavy (non-hydrogen) atoms. The van der Waals surface area contributed by atoms with Crippen LogP contribution < -0.4 is 4.90 Å². The Kier molecular flexibility index (Phi) is 3.10. The van der Waals surface area contributed by atoms with E-state index in [0.29, 0.717) is 12.5 Å². The van der Waals surface area contributed by atoms with Crippen LogP contribution >= 0.6 is 0 Å². The van der Waals surface area contributed by atoms with Crippen LogP contribution in [0.3, 0.4) is 0 Å². The lowest BCUT2D eigenvalue weighted by Gasteiger charge is -2.17. The van der Waals surface area contributed by atoms with Crippen molar-refractivity contribution in [1.29, 1.82) is 0 Å². The highest BCUT2D eigenvalue weighted by molar-refractivity contribution is 5.34. The zero-order valence-electron chi connectivity index (χ0n) is 10.1. The van der Waals surface area contributed by atoms with Crippen LogP contribution in [-0.4, -0.2) is 34.3 Å². The minimum absolute atomic E-state index is 0.230. The van der Waals surface area contributed by atoms with E-state index < -0.39 is 0 Å². The van der Waals surface area contributed by atoms with E-state index in [-0.39, 0.29) is 6.10 Å². The maximum absolute atomic E-state index is 9.51. The first-order valence-corrected chi connectivity index (χ1v) is 5.85. The molecule has 4 nitrogen and oxygen atoms in total. The molecule has 1 atom stereocenters. The molecule has 0 spiro atoms. The number of aryl methyl sites for hydroxylation is 1. The number of β-amino-alcohol motifs (C(OH)–C–C–N with tert-alkyl or cyclic N) is 1. The molecule has 1 aliphatic rings. The molecule has 1 aromatic heterocycles. The Labute approximate surface area is 96.3 Å². The summed E-state index contributed by atoms with van der Waals surface area (Å²) in [7, 11) is 0. The van der Waals surface area contributed by atoms with Crippen LogP contribution in [0.1, 0.15) is 37.6 Å². The minimum Gasteiger partial charge on any atom is -0.391 e. The fourth-order valence-electron chi connectivity index (χ4n) is 1.94. The van der Waals surface area contributed by atoms with Gasteiger partial charge in [0.15, 0.2) is 0 Å². The third-order valence-electron chi connectivity index (χ3n) is 2.90. The Morgan fingerprint density at radius 2 is 2.19 bits per heavy atom. The predicted molar refractivity (Wildman–Crippen MR) is 63.7 cm³/mol. The van der Waals surface area contributed by atoms with Gasteiger partial charge in [-0.25, -0.2) is 9.97 Å². The second-order valence-corrected chi connectivity index (χ2v) is 4.78.